The number of methoxy groups -OCH3 is 2. The number of ether oxygens (including phenoxy) is 7. The topological polar surface area (TPSA) is 196 Å². The van der Waals surface area contributed by atoms with Gasteiger partial charge in [-0.1, -0.05) is 102 Å². The Labute approximate surface area is 457 Å². The van der Waals surface area contributed by atoms with Gasteiger partial charge in [-0.25, -0.2) is 14.7 Å². The maximum Gasteiger partial charge on any atom is 0.416 e. The van der Waals surface area contributed by atoms with Gasteiger partial charge in [0.15, 0.2) is 6.29 Å². The Bertz CT molecular complexity index is 2570. The largest absolute Gasteiger partial charge is 0.497 e. The minimum absolute atomic E-state index is 0.00332. The van der Waals surface area contributed by atoms with Crippen LogP contribution in [0.5, 0.6) is 11.5 Å². The first-order valence-corrected chi connectivity index (χ1v) is 28.4. The third-order valence-electron chi connectivity index (χ3n) is 14.1. The average molecular weight is 1140 g/mol. The summed E-state index contributed by atoms with van der Waals surface area (Å²) in [7, 11) is -1.22. The van der Waals surface area contributed by atoms with Crippen LogP contribution in [0, 0.1) is 11.8 Å². The van der Waals surface area contributed by atoms with E-state index in [0.717, 1.165) is 86.1 Å². The van der Waals surface area contributed by atoms with Crippen molar-refractivity contribution >= 4 is 31.0 Å². The van der Waals surface area contributed by atoms with Crippen molar-refractivity contribution in [3.05, 3.63) is 119 Å². The molecule has 0 saturated carbocycles. The molecule has 2 aliphatic heterocycles. The van der Waals surface area contributed by atoms with Crippen molar-refractivity contribution in [1.29, 1.82) is 0 Å². The van der Waals surface area contributed by atoms with Crippen molar-refractivity contribution in [2.75, 3.05) is 50.8 Å². The Morgan fingerprint density at radius 3 is 1.66 bits per heavy atom. The van der Waals surface area contributed by atoms with Crippen LogP contribution >= 0.6 is 7.52 Å². The molecule has 6 rings (SSSR count). The van der Waals surface area contributed by atoms with Gasteiger partial charge in [0, 0.05) is 17.5 Å². The molecular formula is C56H74F6N5O11P. The fourth-order valence-corrected chi connectivity index (χ4v) is 11.0. The third-order valence-corrected chi connectivity index (χ3v) is 15.7. The Morgan fingerprint density at radius 1 is 0.658 bits per heavy atom. The minimum Gasteiger partial charge on any atom is -0.497 e. The van der Waals surface area contributed by atoms with Crippen molar-refractivity contribution in [1.82, 2.24) is 15.7 Å². The van der Waals surface area contributed by atoms with E-state index >= 15 is 0 Å². The number of amides is 4. The number of carbonyl (C=O) groups is 2. The molecule has 0 spiro atoms. The number of urea groups is 2. The standard InChI is InChI=1S/C56H74F6N5O11P/c1-6-7-8-9-10-11-12-13-28-79(70,71)67-50-48(35-75-32-39-22-26-45(73-5)27-23-39)76-33-46(65-53(68)63-42-18-14-16-40(29-42)55(57,58)59)51(50)78-52-49(66-54(69)64-43-19-15-17-41(30-43)56(60,61)62)37(3)36(2)47(77-52)34-74-31-38-20-24-44(72-4)25-21-38/h14-27,29-30,36-37,46-52H,6-13,28,31-35H2,1-5H3,(H2,63,65,68)(H2,64,66,69)(H2,67,70,71)/t36-,37+,46?,47?,48?,49?,50+,51-,52+/m1/s1. The van der Waals surface area contributed by atoms with Gasteiger partial charge in [-0.15, -0.1) is 0 Å². The smallest absolute Gasteiger partial charge is 0.416 e. The highest BCUT2D eigenvalue weighted by atomic mass is 31.2. The van der Waals surface area contributed by atoms with Gasteiger partial charge >= 0.3 is 24.4 Å². The maximum absolute atomic E-state index is 14.5. The van der Waals surface area contributed by atoms with Crippen LogP contribution in [0.4, 0.5) is 47.3 Å². The predicted octanol–water partition coefficient (Wildman–Crippen LogP) is 11.9. The van der Waals surface area contributed by atoms with E-state index in [2.05, 4.69) is 33.3 Å². The van der Waals surface area contributed by atoms with E-state index < -0.39 is 91.7 Å². The highest BCUT2D eigenvalue weighted by Gasteiger charge is 2.50. The number of hydrogen-bond acceptors (Lipinski definition) is 10. The van der Waals surface area contributed by atoms with E-state index in [1.807, 2.05) is 26.0 Å². The number of rotatable bonds is 27. The molecule has 0 bridgehead atoms. The summed E-state index contributed by atoms with van der Waals surface area (Å²) in [5.74, 6) is 0.358. The van der Waals surface area contributed by atoms with Gasteiger partial charge in [0.2, 0.25) is 0 Å². The number of unbranched alkanes of at least 4 members (excludes halogenated alkanes) is 7. The van der Waals surface area contributed by atoms with Crippen LogP contribution in [0.3, 0.4) is 0 Å². The van der Waals surface area contributed by atoms with Crippen molar-refractivity contribution < 1.29 is 78.5 Å². The van der Waals surface area contributed by atoms with Gasteiger partial charge in [0.05, 0.1) is 88.7 Å². The van der Waals surface area contributed by atoms with Crippen LogP contribution in [0.2, 0.25) is 0 Å². The number of halogens is 6. The summed E-state index contributed by atoms with van der Waals surface area (Å²) in [4.78, 5) is 39.7. The number of alkyl halides is 6. The lowest BCUT2D eigenvalue weighted by Gasteiger charge is -2.49. The monoisotopic (exact) mass is 1140 g/mol. The second-order valence-electron chi connectivity index (χ2n) is 20.0. The number of anilines is 2. The van der Waals surface area contributed by atoms with Gasteiger partial charge < -0.3 is 59.3 Å². The summed E-state index contributed by atoms with van der Waals surface area (Å²) in [6.07, 6.45) is -6.97. The molecule has 4 aromatic carbocycles. The molecule has 2 heterocycles. The summed E-state index contributed by atoms with van der Waals surface area (Å²) in [6.45, 7) is 5.54. The molecule has 79 heavy (non-hydrogen) atoms. The van der Waals surface area contributed by atoms with Crippen molar-refractivity contribution in [2.24, 2.45) is 11.8 Å². The Hall–Kier alpha value is -5.45. The van der Waals surface area contributed by atoms with E-state index in [4.69, 9.17) is 33.2 Å². The number of hydrogen-bond donors (Lipinski definition) is 6. The first kappa shape index (κ1) is 62.7. The maximum atomic E-state index is 14.5. The lowest BCUT2D eigenvalue weighted by molar-refractivity contribution is -0.276. The molecule has 10 atom stereocenters. The molecule has 2 saturated heterocycles. The number of nitrogens with one attached hydrogen (secondary N) is 5. The molecule has 4 amide bonds. The molecular weight excluding hydrogens is 1060 g/mol. The predicted molar refractivity (Wildman–Crippen MR) is 286 cm³/mol. The first-order chi connectivity index (χ1) is 37.7. The van der Waals surface area contributed by atoms with E-state index in [9.17, 15) is 45.4 Å². The Kier molecular flexibility index (Phi) is 23.7. The molecule has 23 heteroatoms. The van der Waals surface area contributed by atoms with Crippen molar-refractivity contribution in [3.63, 3.8) is 0 Å². The average Bonchev–Trinajstić information content (AvgIpc) is 3.43. The van der Waals surface area contributed by atoms with Crippen LogP contribution in [-0.4, -0.2) is 99.9 Å². The summed E-state index contributed by atoms with van der Waals surface area (Å²) in [6, 6.07) is 16.9. The minimum atomic E-state index is -4.72. The second kappa shape index (κ2) is 29.8. The van der Waals surface area contributed by atoms with Crippen LogP contribution < -0.4 is 35.8 Å². The van der Waals surface area contributed by atoms with Gasteiger partial charge in [-0.2, -0.15) is 26.3 Å². The zero-order valence-electron chi connectivity index (χ0n) is 45.1. The molecule has 5 unspecified atom stereocenters. The number of carbonyl (C=O) groups excluding carboxylic acids is 2. The molecule has 6 N–H and O–H groups in total. The SMILES string of the molecule is CCCCCCCCCCP(=O)(O)N[C@H]1C(COCc2ccc(OC)cc2)OCC(NC(=O)Nc2cccc(C(F)(F)F)c2)[C@H]1O[C@@H]1OC(COCc2ccc(OC)cc2)[C@H](C)[C@H](C)C1NC(=O)Nc1cccc(C(F)(F)F)c1. The van der Waals surface area contributed by atoms with Gasteiger partial charge in [-0.05, 0) is 90.0 Å². The zero-order chi connectivity index (χ0) is 57.2. The summed E-state index contributed by atoms with van der Waals surface area (Å²) < 4.78 is 140. The molecule has 2 fully saturated rings. The quantitative estimate of drug-likeness (QED) is 0.0188. The summed E-state index contributed by atoms with van der Waals surface area (Å²) in [5, 5.41) is 13.4. The van der Waals surface area contributed by atoms with Crippen LogP contribution in [0.15, 0.2) is 97.1 Å². The van der Waals surface area contributed by atoms with Crippen LogP contribution in [0.1, 0.15) is 94.4 Å². The Balaban J connectivity index is 1.35. The lowest BCUT2D eigenvalue weighted by atomic mass is 9.82. The van der Waals surface area contributed by atoms with Crippen molar-refractivity contribution in [2.45, 2.75) is 140 Å². The Morgan fingerprint density at radius 2 is 1.15 bits per heavy atom. The van der Waals surface area contributed by atoms with Gasteiger partial charge in [-0.3, -0.25) is 4.57 Å². The van der Waals surface area contributed by atoms with Gasteiger partial charge in [0.1, 0.15) is 17.6 Å². The van der Waals surface area contributed by atoms with E-state index in [0.29, 0.717) is 24.3 Å². The third kappa shape index (κ3) is 19.7. The molecule has 436 valence electrons. The van der Waals surface area contributed by atoms with E-state index in [1.165, 1.54) is 19.2 Å². The summed E-state index contributed by atoms with van der Waals surface area (Å²) in [5.41, 5.74) is -0.779. The molecule has 2 aliphatic rings. The highest BCUT2D eigenvalue weighted by molar-refractivity contribution is 7.55. The van der Waals surface area contributed by atoms with E-state index in [1.54, 1.807) is 43.5 Å². The second-order valence-corrected chi connectivity index (χ2v) is 22.1. The molecule has 0 aliphatic carbocycles. The van der Waals surface area contributed by atoms with E-state index in [-0.39, 0.29) is 56.5 Å². The summed E-state index contributed by atoms with van der Waals surface area (Å²) >= 11 is 0. The fourth-order valence-electron chi connectivity index (χ4n) is 9.44. The number of benzene rings is 4. The van der Waals surface area contributed by atoms with Crippen LogP contribution in [0.25, 0.3) is 0 Å². The molecule has 16 nitrogen and oxygen atoms in total. The first-order valence-electron chi connectivity index (χ1n) is 26.6. The fraction of sp³-hybridized carbons (Fsp3) is 0.536. The molecule has 0 radical (unpaired) electrons. The van der Waals surface area contributed by atoms with Crippen LogP contribution in [-0.2, 0) is 53.8 Å². The molecule has 4 aromatic rings. The van der Waals surface area contributed by atoms with Gasteiger partial charge in [0.25, 0.3) is 7.52 Å². The highest BCUT2D eigenvalue weighted by Crippen LogP contribution is 2.41. The zero-order valence-corrected chi connectivity index (χ0v) is 46.0. The lowest BCUT2D eigenvalue weighted by Crippen LogP contribution is -2.68. The molecule has 0 aromatic heterocycles. The van der Waals surface area contributed by atoms with Crippen molar-refractivity contribution in [3.8, 4) is 11.5 Å². The normalized spacial score (nSPS) is 23.3.